The standard InChI is InChI=1S/C26H27N3O4/c1-17-5-9-21(10-6-17)26(31)29-27-15-20-8-12-23(24(14-20)32-4)33-16-25(30)28-22-11-7-18(2)13-19(22)3/h5-15H,16H2,1-4H3,(H,28,30)(H,29,31)/b27-15+. The van der Waals surface area contributed by atoms with E-state index in [1.807, 2.05) is 51.1 Å². The number of hydrogen-bond acceptors (Lipinski definition) is 5. The molecule has 3 rings (SSSR count). The molecule has 2 amide bonds. The maximum absolute atomic E-state index is 12.3. The minimum absolute atomic E-state index is 0.163. The smallest absolute Gasteiger partial charge is 0.271 e. The fourth-order valence-corrected chi connectivity index (χ4v) is 3.10. The number of amides is 2. The van der Waals surface area contributed by atoms with E-state index >= 15 is 0 Å². The highest BCUT2D eigenvalue weighted by Gasteiger charge is 2.10. The molecule has 0 heterocycles. The molecule has 0 saturated carbocycles. The van der Waals surface area contributed by atoms with Crippen LogP contribution in [-0.4, -0.2) is 31.7 Å². The molecule has 0 fully saturated rings. The lowest BCUT2D eigenvalue weighted by Gasteiger charge is -2.12. The Morgan fingerprint density at radius 1 is 0.909 bits per heavy atom. The van der Waals surface area contributed by atoms with Crippen molar-refractivity contribution in [1.82, 2.24) is 5.43 Å². The van der Waals surface area contributed by atoms with Crippen LogP contribution in [-0.2, 0) is 4.79 Å². The summed E-state index contributed by atoms with van der Waals surface area (Å²) in [6.07, 6.45) is 1.51. The van der Waals surface area contributed by atoms with Crippen LogP contribution in [0.1, 0.15) is 32.6 Å². The third-order valence-corrected chi connectivity index (χ3v) is 4.90. The Bertz CT molecular complexity index is 1170. The first-order chi connectivity index (χ1) is 15.9. The molecule has 0 aromatic heterocycles. The van der Waals surface area contributed by atoms with Gasteiger partial charge in [-0.3, -0.25) is 9.59 Å². The number of rotatable bonds is 8. The summed E-state index contributed by atoms with van der Waals surface area (Å²) in [7, 11) is 1.51. The summed E-state index contributed by atoms with van der Waals surface area (Å²) in [4.78, 5) is 24.4. The number of methoxy groups -OCH3 is 1. The van der Waals surface area contributed by atoms with Gasteiger partial charge in [-0.25, -0.2) is 5.43 Å². The largest absolute Gasteiger partial charge is 0.493 e. The third-order valence-electron chi connectivity index (χ3n) is 4.90. The van der Waals surface area contributed by atoms with Gasteiger partial charge in [-0.15, -0.1) is 0 Å². The maximum Gasteiger partial charge on any atom is 0.271 e. The first-order valence-electron chi connectivity index (χ1n) is 10.4. The molecule has 0 atom stereocenters. The predicted octanol–water partition coefficient (Wildman–Crippen LogP) is 4.40. The quantitative estimate of drug-likeness (QED) is 0.397. The minimum atomic E-state index is -0.298. The predicted molar refractivity (Wildman–Crippen MR) is 129 cm³/mol. The number of benzene rings is 3. The number of nitrogens with one attached hydrogen (secondary N) is 2. The van der Waals surface area contributed by atoms with Gasteiger partial charge >= 0.3 is 0 Å². The molecule has 33 heavy (non-hydrogen) atoms. The first kappa shape index (κ1) is 23.5. The molecule has 7 nitrogen and oxygen atoms in total. The van der Waals surface area contributed by atoms with Crippen molar-refractivity contribution in [3.63, 3.8) is 0 Å². The summed E-state index contributed by atoms with van der Waals surface area (Å²) < 4.78 is 11.0. The van der Waals surface area contributed by atoms with Crippen molar-refractivity contribution < 1.29 is 19.1 Å². The van der Waals surface area contributed by atoms with Crippen LogP contribution in [0.2, 0.25) is 0 Å². The van der Waals surface area contributed by atoms with Crippen LogP contribution in [0.25, 0.3) is 0 Å². The van der Waals surface area contributed by atoms with Crippen molar-refractivity contribution in [1.29, 1.82) is 0 Å². The highest BCUT2D eigenvalue weighted by Crippen LogP contribution is 2.27. The van der Waals surface area contributed by atoms with Crippen LogP contribution in [0.4, 0.5) is 5.69 Å². The van der Waals surface area contributed by atoms with Crippen LogP contribution >= 0.6 is 0 Å². The third kappa shape index (κ3) is 6.67. The van der Waals surface area contributed by atoms with Crippen LogP contribution in [0, 0.1) is 20.8 Å². The highest BCUT2D eigenvalue weighted by atomic mass is 16.5. The lowest BCUT2D eigenvalue weighted by atomic mass is 10.1. The molecule has 0 aliphatic rings. The SMILES string of the molecule is COc1cc(/C=N/NC(=O)c2ccc(C)cc2)ccc1OCC(=O)Nc1ccc(C)cc1C. The van der Waals surface area contributed by atoms with E-state index < -0.39 is 0 Å². The van der Waals surface area contributed by atoms with Crippen molar-refractivity contribution in [3.8, 4) is 11.5 Å². The zero-order valence-corrected chi connectivity index (χ0v) is 19.1. The summed E-state index contributed by atoms with van der Waals surface area (Å²) in [6, 6.07) is 18.2. The molecule has 2 N–H and O–H groups in total. The molecule has 0 aliphatic heterocycles. The Balaban J connectivity index is 1.57. The molecule has 0 unspecified atom stereocenters. The minimum Gasteiger partial charge on any atom is -0.493 e. The van der Waals surface area contributed by atoms with Crippen LogP contribution in [0.5, 0.6) is 11.5 Å². The van der Waals surface area contributed by atoms with Gasteiger partial charge in [0, 0.05) is 11.3 Å². The lowest BCUT2D eigenvalue weighted by molar-refractivity contribution is -0.118. The van der Waals surface area contributed by atoms with E-state index in [0.717, 1.165) is 22.4 Å². The Morgan fingerprint density at radius 2 is 1.64 bits per heavy atom. The second-order valence-electron chi connectivity index (χ2n) is 7.63. The van der Waals surface area contributed by atoms with E-state index in [1.165, 1.54) is 13.3 Å². The number of carbonyl (C=O) groups is 2. The van der Waals surface area contributed by atoms with Gasteiger partial charge in [0.1, 0.15) is 0 Å². The fourth-order valence-electron chi connectivity index (χ4n) is 3.10. The van der Waals surface area contributed by atoms with Crippen molar-refractivity contribution in [2.45, 2.75) is 20.8 Å². The molecule has 0 radical (unpaired) electrons. The number of hydrogen-bond donors (Lipinski definition) is 2. The molecular formula is C26H27N3O4. The van der Waals surface area contributed by atoms with Crippen LogP contribution < -0.4 is 20.2 Å². The summed E-state index contributed by atoms with van der Waals surface area (Å²) in [5, 5.41) is 6.84. The lowest BCUT2D eigenvalue weighted by Crippen LogP contribution is -2.20. The van der Waals surface area contributed by atoms with Gasteiger partial charge in [0.2, 0.25) is 0 Å². The summed E-state index contributed by atoms with van der Waals surface area (Å²) in [5.41, 5.74) is 7.66. The highest BCUT2D eigenvalue weighted by molar-refractivity contribution is 5.95. The number of ether oxygens (including phenoxy) is 2. The Labute approximate surface area is 193 Å². The monoisotopic (exact) mass is 445 g/mol. The van der Waals surface area contributed by atoms with Gasteiger partial charge < -0.3 is 14.8 Å². The van der Waals surface area contributed by atoms with Crippen molar-refractivity contribution in [2.75, 3.05) is 19.0 Å². The molecule has 3 aromatic carbocycles. The van der Waals surface area contributed by atoms with Crippen LogP contribution in [0.15, 0.2) is 65.8 Å². The Hall–Kier alpha value is -4.13. The molecule has 3 aromatic rings. The summed E-state index contributed by atoms with van der Waals surface area (Å²) >= 11 is 0. The fraction of sp³-hybridized carbons (Fsp3) is 0.192. The van der Waals surface area contributed by atoms with E-state index in [1.54, 1.807) is 30.3 Å². The van der Waals surface area contributed by atoms with E-state index in [-0.39, 0.29) is 18.4 Å². The van der Waals surface area contributed by atoms with Gasteiger partial charge in [0.15, 0.2) is 18.1 Å². The number of carbonyl (C=O) groups excluding carboxylic acids is 2. The Morgan fingerprint density at radius 3 is 2.33 bits per heavy atom. The number of nitrogens with zero attached hydrogens (tertiary/aromatic N) is 1. The zero-order valence-electron chi connectivity index (χ0n) is 19.1. The van der Waals surface area contributed by atoms with E-state index in [4.69, 9.17) is 9.47 Å². The number of anilines is 1. The zero-order chi connectivity index (χ0) is 23.8. The molecule has 170 valence electrons. The molecule has 0 bridgehead atoms. The molecule has 7 heteroatoms. The summed E-state index contributed by atoms with van der Waals surface area (Å²) in [5.74, 6) is 0.304. The van der Waals surface area contributed by atoms with Gasteiger partial charge in [0.05, 0.1) is 13.3 Å². The second kappa shape index (κ2) is 10.9. The number of hydrazone groups is 1. The second-order valence-corrected chi connectivity index (χ2v) is 7.63. The molecular weight excluding hydrogens is 418 g/mol. The van der Waals surface area contributed by atoms with Gasteiger partial charge in [-0.2, -0.15) is 5.10 Å². The average molecular weight is 446 g/mol. The molecule has 0 saturated heterocycles. The van der Waals surface area contributed by atoms with E-state index in [9.17, 15) is 9.59 Å². The average Bonchev–Trinajstić information content (AvgIpc) is 2.80. The Kier molecular flexibility index (Phi) is 7.81. The number of aryl methyl sites for hydroxylation is 3. The first-order valence-corrected chi connectivity index (χ1v) is 10.4. The van der Waals surface area contributed by atoms with E-state index in [0.29, 0.717) is 22.6 Å². The van der Waals surface area contributed by atoms with Crippen LogP contribution in [0.3, 0.4) is 0 Å². The van der Waals surface area contributed by atoms with Crippen molar-refractivity contribution >= 4 is 23.7 Å². The normalized spacial score (nSPS) is 10.7. The van der Waals surface area contributed by atoms with Crippen molar-refractivity contribution in [3.05, 3.63) is 88.5 Å². The molecule has 0 spiro atoms. The maximum atomic E-state index is 12.3. The topological polar surface area (TPSA) is 89.0 Å². The van der Waals surface area contributed by atoms with Gasteiger partial charge in [-0.05, 0) is 68.3 Å². The van der Waals surface area contributed by atoms with Crippen molar-refractivity contribution in [2.24, 2.45) is 5.10 Å². The summed E-state index contributed by atoms with van der Waals surface area (Å²) in [6.45, 7) is 5.73. The van der Waals surface area contributed by atoms with Gasteiger partial charge in [-0.1, -0.05) is 35.4 Å². The van der Waals surface area contributed by atoms with Gasteiger partial charge in [0.25, 0.3) is 11.8 Å². The molecule has 0 aliphatic carbocycles. The van der Waals surface area contributed by atoms with E-state index in [2.05, 4.69) is 15.8 Å².